The molecule has 36 heavy (non-hydrogen) atoms. The highest BCUT2D eigenvalue weighted by Crippen LogP contribution is 2.31. The van der Waals surface area contributed by atoms with Crippen LogP contribution in [0.15, 0.2) is 61.2 Å². The van der Waals surface area contributed by atoms with Crippen LogP contribution in [0.4, 0.5) is 15.3 Å². The van der Waals surface area contributed by atoms with Crippen LogP contribution in [0, 0.1) is 5.82 Å². The number of hydrogen-bond donors (Lipinski definition) is 2. The van der Waals surface area contributed by atoms with E-state index < -0.39 is 11.9 Å². The second kappa shape index (κ2) is 9.86. The van der Waals surface area contributed by atoms with E-state index in [-0.39, 0.29) is 11.7 Å². The normalized spacial score (nSPS) is 15.4. The number of halogens is 1. The highest BCUT2D eigenvalue weighted by atomic mass is 32.1. The lowest BCUT2D eigenvalue weighted by molar-refractivity contribution is -0.134. The van der Waals surface area contributed by atoms with Gasteiger partial charge in [0.15, 0.2) is 5.13 Å². The first-order valence-electron chi connectivity index (χ1n) is 11.5. The second-order valence-electron chi connectivity index (χ2n) is 8.57. The Hall–Kier alpha value is -4.12. The van der Waals surface area contributed by atoms with Gasteiger partial charge in [0.2, 0.25) is 11.8 Å². The first-order valence-corrected chi connectivity index (χ1v) is 12.3. The number of imidazole rings is 1. The van der Waals surface area contributed by atoms with Crippen molar-refractivity contribution in [3.05, 3.63) is 67.0 Å². The molecule has 1 unspecified atom stereocenters. The average molecular weight is 506 g/mol. The highest BCUT2D eigenvalue weighted by Gasteiger charge is 2.33. The molecule has 1 aliphatic rings. The summed E-state index contributed by atoms with van der Waals surface area (Å²) in [6, 6.07) is 7.58. The zero-order valence-electron chi connectivity index (χ0n) is 19.4. The maximum atomic E-state index is 13.2. The van der Waals surface area contributed by atoms with Gasteiger partial charge in [-0.15, -0.1) is 0 Å². The van der Waals surface area contributed by atoms with E-state index in [2.05, 4.69) is 26.8 Å². The number of anilines is 2. The molecule has 0 spiro atoms. The van der Waals surface area contributed by atoms with Crippen LogP contribution in [-0.2, 0) is 16.1 Å². The molecule has 11 heteroatoms. The van der Waals surface area contributed by atoms with Crippen molar-refractivity contribution in [3.63, 3.8) is 0 Å². The molecule has 1 saturated heterocycles. The molecule has 184 valence electrons. The lowest BCUT2D eigenvalue weighted by Gasteiger charge is -2.23. The van der Waals surface area contributed by atoms with Gasteiger partial charge in [-0.25, -0.2) is 19.3 Å². The van der Waals surface area contributed by atoms with Gasteiger partial charge in [0, 0.05) is 30.9 Å². The van der Waals surface area contributed by atoms with E-state index in [9.17, 15) is 14.0 Å². The number of nitrogens with two attached hydrogens (primary N) is 1. The first-order chi connectivity index (χ1) is 17.4. The third kappa shape index (κ3) is 4.82. The topological polar surface area (TPSA) is 119 Å². The Bertz CT molecular complexity index is 1450. The summed E-state index contributed by atoms with van der Waals surface area (Å²) in [7, 11) is 0. The summed E-state index contributed by atoms with van der Waals surface area (Å²) >= 11 is 1.44. The number of aromatic nitrogens is 4. The number of primary amides is 1. The minimum Gasteiger partial charge on any atom is -0.368 e. The zero-order valence-corrected chi connectivity index (χ0v) is 20.2. The molecular formula is C25H24FN7O2S. The van der Waals surface area contributed by atoms with Crippen molar-refractivity contribution in [2.24, 2.45) is 5.73 Å². The van der Waals surface area contributed by atoms with Crippen molar-refractivity contribution in [3.8, 4) is 10.4 Å². The minimum atomic E-state index is -0.558. The number of fused-ring (bicyclic) bond motifs is 1. The zero-order chi connectivity index (χ0) is 25.2. The molecule has 0 radical (unpaired) electrons. The third-order valence-electron chi connectivity index (χ3n) is 6.18. The molecule has 3 aromatic heterocycles. The number of rotatable bonds is 8. The molecule has 1 fully saturated rings. The molecule has 2 amide bonds. The van der Waals surface area contributed by atoms with Crippen LogP contribution in [0.25, 0.3) is 21.5 Å². The predicted octanol–water partition coefficient (Wildman–Crippen LogP) is 3.86. The van der Waals surface area contributed by atoms with Crippen LogP contribution in [-0.4, -0.2) is 48.8 Å². The molecule has 0 bridgehead atoms. The Morgan fingerprint density at radius 2 is 2.00 bits per heavy atom. The van der Waals surface area contributed by atoms with Crippen molar-refractivity contribution >= 4 is 45.1 Å². The van der Waals surface area contributed by atoms with E-state index in [1.54, 1.807) is 30.9 Å². The molecule has 0 saturated carbocycles. The van der Waals surface area contributed by atoms with E-state index in [0.717, 1.165) is 27.9 Å². The number of carbonyl (C=O) groups is 2. The first kappa shape index (κ1) is 23.6. The molecule has 0 aliphatic carbocycles. The van der Waals surface area contributed by atoms with Crippen molar-refractivity contribution in [1.82, 2.24) is 24.4 Å². The summed E-state index contributed by atoms with van der Waals surface area (Å²) in [5.41, 5.74) is 8.32. The Morgan fingerprint density at radius 1 is 1.19 bits per heavy atom. The summed E-state index contributed by atoms with van der Waals surface area (Å²) in [6.07, 6.45) is 6.86. The molecule has 1 atom stereocenters. The van der Waals surface area contributed by atoms with Crippen molar-refractivity contribution in [1.29, 1.82) is 0 Å². The second-order valence-corrected chi connectivity index (χ2v) is 9.60. The Labute approximate surface area is 210 Å². The van der Waals surface area contributed by atoms with Crippen LogP contribution in [0.2, 0.25) is 0 Å². The molecule has 9 nitrogen and oxygen atoms in total. The van der Waals surface area contributed by atoms with Gasteiger partial charge in [-0.05, 0) is 37.0 Å². The summed E-state index contributed by atoms with van der Waals surface area (Å²) < 4.78 is 15.1. The fourth-order valence-corrected chi connectivity index (χ4v) is 5.10. The average Bonchev–Trinajstić information content (AvgIpc) is 3.62. The van der Waals surface area contributed by atoms with Crippen LogP contribution in [0.3, 0.4) is 0 Å². The molecular weight excluding hydrogens is 481 g/mol. The SMILES string of the molecule is C=C(CCn1cnc2cnc(Nc3ncc(-c4ccc(F)cc4)s3)cc21)C(=O)N1CCCC1C(N)=O. The Kier molecular flexibility index (Phi) is 6.47. The van der Waals surface area contributed by atoms with E-state index in [0.29, 0.717) is 42.5 Å². The molecule has 1 aliphatic heterocycles. The van der Waals surface area contributed by atoms with Crippen molar-refractivity contribution < 1.29 is 14.0 Å². The van der Waals surface area contributed by atoms with E-state index in [1.807, 2.05) is 10.6 Å². The number of hydrogen-bond acceptors (Lipinski definition) is 7. The number of carbonyl (C=O) groups excluding carboxylic acids is 2. The minimum absolute atomic E-state index is 0.231. The number of thiazole rings is 1. The molecule has 1 aromatic carbocycles. The smallest absolute Gasteiger partial charge is 0.249 e. The van der Waals surface area contributed by atoms with Gasteiger partial charge < -0.3 is 20.5 Å². The summed E-state index contributed by atoms with van der Waals surface area (Å²) in [5.74, 6) is -0.396. The van der Waals surface area contributed by atoms with Crippen LogP contribution < -0.4 is 11.1 Å². The third-order valence-corrected chi connectivity index (χ3v) is 7.14. The Balaban J connectivity index is 1.26. The molecule has 4 aromatic rings. The quantitative estimate of drug-likeness (QED) is 0.351. The maximum Gasteiger partial charge on any atom is 0.249 e. The van der Waals surface area contributed by atoms with Gasteiger partial charge in [0.05, 0.1) is 22.9 Å². The van der Waals surface area contributed by atoms with Crippen molar-refractivity contribution in [2.75, 3.05) is 11.9 Å². The van der Waals surface area contributed by atoms with Gasteiger partial charge in [0.1, 0.15) is 23.2 Å². The molecule has 5 rings (SSSR count). The monoisotopic (exact) mass is 505 g/mol. The van der Waals surface area contributed by atoms with Gasteiger partial charge in [-0.1, -0.05) is 30.0 Å². The number of amides is 2. The van der Waals surface area contributed by atoms with Gasteiger partial charge >= 0.3 is 0 Å². The van der Waals surface area contributed by atoms with E-state index in [4.69, 9.17) is 5.73 Å². The van der Waals surface area contributed by atoms with Crippen LogP contribution >= 0.6 is 11.3 Å². The Morgan fingerprint density at radius 3 is 2.78 bits per heavy atom. The fourth-order valence-electron chi connectivity index (χ4n) is 4.27. The number of benzene rings is 1. The number of likely N-dealkylation sites (tertiary alicyclic amines) is 1. The summed E-state index contributed by atoms with van der Waals surface area (Å²) in [6.45, 7) is 4.95. The van der Waals surface area contributed by atoms with Crippen LogP contribution in [0.1, 0.15) is 19.3 Å². The standard InChI is InChI=1S/C25H24FN7O2S/c1-15(24(35)33-9-2-3-19(33)23(27)34)8-10-32-14-30-18-12-28-22(11-20(18)32)31-25-29-13-21(36-25)16-4-6-17(26)7-5-16/h4-7,11-14,19H,1-3,8-10H2,(H2,27,34)(H,28,29,31). The fraction of sp³-hybridized carbons (Fsp3) is 0.240. The van der Waals surface area contributed by atoms with Gasteiger partial charge in [0.25, 0.3) is 0 Å². The van der Waals surface area contributed by atoms with E-state index >= 15 is 0 Å². The lowest BCUT2D eigenvalue weighted by Crippen LogP contribution is -2.44. The van der Waals surface area contributed by atoms with Gasteiger partial charge in [-0.2, -0.15) is 0 Å². The summed E-state index contributed by atoms with van der Waals surface area (Å²) in [5, 5.41) is 3.86. The largest absolute Gasteiger partial charge is 0.368 e. The molecule has 4 heterocycles. The number of nitrogens with one attached hydrogen (secondary N) is 1. The summed E-state index contributed by atoms with van der Waals surface area (Å²) in [4.78, 5) is 40.1. The lowest BCUT2D eigenvalue weighted by atomic mass is 10.1. The predicted molar refractivity (Wildman–Crippen MR) is 136 cm³/mol. The number of nitrogens with zero attached hydrogens (tertiary/aromatic N) is 5. The van der Waals surface area contributed by atoms with Gasteiger partial charge in [-0.3, -0.25) is 9.59 Å². The maximum absolute atomic E-state index is 13.2. The van der Waals surface area contributed by atoms with E-state index in [1.165, 1.54) is 28.4 Å². The molecule has 3 N–H and O–H groups in total. The number of aryl methyl sites for hydroxylation is 1. The highest BCUT2D eigenvalue weighted by molar-refractivity contribution is 7.18. The van der Waals surface area contributed by atoms with Crippen molar-refractivity contribution in [2.45, 2.75) is 31.8 Å². The van der Waals surface area contributed by atoms with Crippen LogP contribution in [0.5, 0.6) is 0 Å². The number of pyridine rings is 1.